The molecule has 3 atom stereocenters. The van der Waals surface area contributed by atoms with E-state index in [0.29, 0.717) is 0 Å². The number of aliphatic hydroxyl groups excluding tert-OH is 2. The van der Waals surface area contributed by atoms with Crippen LogP contribution in [0.1, 0.15) is 40.5 Å². The summed E-state index contributed by atoms with van der Waals surface area (Å²) in [7, 11) is -2.70. The first-order valence-electron chi connectivity index (χ1n) is 5.27. The van der Waals surface area contributed by atoms with Crippen LogP contribution < -0.4 is 0 Å². The molecule has 0 amide bonds. The van der Waals surface area contributed by atoms with Crippen LogP contribution in [0.2, 0.25) is 0 Å². The predicted octanol–water partition coefficient (Wildman–Crippen LogP) is 1.40. The van der Waals surface area contributed by atoms with E-state index in [1.165, 1.54) is 26.7 Å². The van der Waals surface area contributed by atoms with E-state index in [1.807, 2.05) is 0 Å². The molecule has 0 spiro atoms. The Bertz CT molecular complexity index is 167. The highest BCUT2D eigenvalue weighted by atomic mass is 31.1. The second-order valence-electron chi connectivity index (χ2n) is 3.27. The minimum Gasteiger partial charge on any atom is -0.379 e. The third kappa shape index (κ3) is 12.0. The number of hydrogen-bond acceptors (Lipinski definition) is 5. The Hall–Kier alpha value is -0.100. The second kappa shape index (κ2) is 11.4. The van der Waals surface area contributed by atoms with E-state index in [4.69, 9.17) is 15.1 Å². The van der Waals surface area contributed by atoms with Crippen molar-refractivity contribution < 1.29 is 24.2 Å². The van der Waals surface area contributed by atoms with Gasteiger partial charge in [-0.15, -0.1) is 9.42 Å². The van der Waals surface area contributed by atoms with E-state index in [2.05, 4.69) is 18.4 Å². The smallest absolute Gasteiger partial charge is 0.379 e. The number of rotatable bonds is 6. The zero-order chi connectivity index (χ0) is 13.1. The fourth-order valence-electron chi connectivity index (χ4n) is 0.644. The molecular formula is C9H23NO5P+. The molecule has 3 N–H and O–H groups in total. The lowest BCUT2D eigenvalue weighted by molar-refractivity contribution is -0.115. The maximum atomic E-state index is 10.1. The van der Waals surface area contributed by atoms with Gasteiger partial charge in [0.15, 0.2) is 6.73 Å². The molecule has 0 heterocycles. The Balaban J connectivity index is 0. The van der Waals surface area contributed by atoms with E-state index in [9.17, 15) is 4.57 Å². The Morgan fingerprint density at radius 3 is 1.75 bits per heavy atom. The van der Waals surface area contributed by atoms with E-state index >= 15 is 0 Å². The van der Waals surface area contributed by atoms with Crippen molar-refractivity contribution in [2.24, 2.45) is 0 Å². The third-order valence-electron chi connectivity index (χ3n) is 1.78. The SMILES string of the molecule is CC(O)N(CO[P+](=O)O)C(C)O.CCCC. The quantitative estimate of drug-likeness (QED) is 0.491. The summed E-state index contributed by atoms with van der Waals surface area (Å²) < 4.78 is 14.4. The van der Waals surface area contributed by atoms with Crippen LogP contribution in [0.4, 0.5) is 0 Å². The maximum absolute atomic E-state index is 10.1. The van der Waals surface area contributed by atoms with Crippen LogP contribution in [-0.4, -0.2) is 39.2 Å². The highest BCUT2D eigenvalue weighted by Gasteiger charge is 2.21. The third-order valence-corrected chi connectivity index (χ3v) is 2.11. The summed E-state index contributed by atoms with van der Waals surface area (Å²) in [6, 6.07) is 0. The first-order chi connectivity index (χ1) is 7.36. The zero-order valence-corrected chi connectivity index (χ0v) is 11.2. The van der Waals surface area contributed by atoms with Gasteiger partial charge in [-0.2, -0.15) is 0 Å². The van der Waals surface area contributed by atoms with Crippen molar-refractivity contribution in [3.05, 3.63) is 0 Å². The molecule has 98 valence electrons. The molecule has 0 rings (SSSR count). The fourth-order valence-corrected chi connectivity index (χ4v) is 0.876. The average Bonchev–Trinajstić information content (AvgIpc) is 2.17. The normalized spacial score (nSPS) is 15.1. The predicted molar refractivity (Wildman–Crippen MR) is 61.6 cm³/mol. The first kappa shape index (κ1) is 18.3. The summed E-state index contributed by atoms with van der Waals surface area (Å²) in [4.78, 5) is 9.36. The van der Waals surface area contributed by atoms with Crippen molar-refractivity contribution in [2.45, 2.75) is 53.0 Å². The fraction of sp³-hybridized carbons (Fsp3) is 1.00. The molecular weight excluding hydrogens is 233 g/mol. The van der Waals surface area contributed by atoms with Crippen molar-refractivity contribution in [3.8, 4) is 0 Å². The Kier molecular flexibility index (Phi) is 13.0. The van der Waals surface area contributed by atoms with Crippen molar-refractivity contribution in [3.63, 3.8) is 0 Å². The highest BCUT2D eigenvalue weighted by molar-refractivity contribution is 7.32. The monoisotopic (exact) mass is 256 g/mol. The molecule has 0 aliphatic carbocycles. The lowest BCUT2D eigenvalue weighted by Crippen LogP contribution is -2.41. The van der Waals surface area contributed by atoms with E-state index < -0.39 is 20.7 Å². The topological polar surface area (TPSA) is 90.2 Å². The molecule has 0 aromatic carbocycles. The first-order valence-corrected chi connectivity index (χ1v) is 6.40. The van der Waals surface area contributed by atoms with Crippen LogP contribution >= 0.6 is 8.25 Å². The molecule has 3 unspecified atom stereocenters. The molecule has 0 radical (unpaired) electrons. The minimum atomic E-state index is -2.70. The van der Waals surface area contributed by atoms with Gasteiger partial charge in [0.25, 0.3) is 0 Å². The summed E-state index contributed by atoms with van der Waals surface area (Å²) in [5.41, 5.74) is 0. The second-order valence-corrected chi connectivity index (χ2v) is 4.01. The van der Waals surface area contributed by atoms with Crippen LogP contribution in [0.5, 0.6) is 0 Å². The summed E-state index contributed by atoms with van der Waals surface area (Å²) in [6.07, 6.45) is 0.778. The van der Waals surface area contributed by atoms with Crippen molar-refractivity contribution in [2.75, 3.05) is 6.73 Å². The number of unbranched alkanes of at least 4 members (excludes halogenated alkanes) is 1. The van der Waals surface area contributed by atoms with Gasteiger partial charge in [0.05, 0.1) is 0 Å². The van der Waals surface area contributed by atoms with Crippen LogP contribution in [0.25, 0.3) is 0 Å². The molecule has 0 aliphatic rings. The average molecular weight is 256 g/mol. The Labute approximate surface area is 97.8 Å². The van der Waals surface area contributed by atoms with Gasteiger partial charge in [-0.25, -0.2) is 4.90 Å². The molecule has 0 bridgehead atoms. The van der Waals surface area contributed by atoms with E-state index in [-0.39, 0.29) is 6.73 Å². The largest absolute Gasteiger partial charge is 0.696 e. The van der Waals surface area contributed by atoms with Gasteiger partial charge in [0.1, 0.15) is 12.5 Å². The highest BCUT2D eigenvalue weighted by Crippen LogP contribution is 2.16. The minimum absolute atomic E-state index is 0.291. The van der Waals surface area contributed by atoms with Crippen LogP contribution in [0.3, 0.4) is 0 Å². The lowest BCUT2D eigenvalue weighted by Gasteiger charge is -2.24. The van der Waals surface area contributed by atoms with Gasteiger partial charge in [-0.1, -0.05) is 26.7 Å². The molecule has 0 aromatic heterocycles. The van der Waals surface area contributed by atoms with Crippen molar-refractivity contribution in [1.82, 2.24) is 4.90 Å². The molecule has 0 saturated heterocycles. The van der Waals surface area contributed by atoms with Gasteiger partial charge in [-0.3, -0.25) is 0 Å². The summed E-state index contributed by atoms with van der Waals surface area (Å²) in [5, 5.41) is 18.0. The molecule has 0 aliphatic heterocycles. The van der Waals surface area contributed by atoms with Gasteiger partial charge >= 0.3 is 8.25 Å². The van der Waals surface area contributed by atoms with Gasteiger partial charge < -0.3 is 10.2 Å². The van der Waals surface area contributed by atoms with Gasteiger partial charge in [0, 0.05) is 4.57 Å². The van der Waals surface area contributed by atoms with Crippen LogP contribution in [-0.2, 0) is 9.09 Å². The molecule has 7 heteroatoms. The van der Waals surface area contributed by atoms with Crippen LogP contribution in [0.15, 0.2) is 0 Å². The van der Waals surface area contributed by atoms with E-state index in [0.717, 1.165) is 4.90 Å². The Morgan fingerprint density at radius 1 is 1.19 bits per heavy atom. The molecule has 0 aromatic rings. The van der Waals surface area contributed by atoms with Crippen molar-refractivity contribution in [1.29, 1.82) is 0 Å². The number of aliphatic hydroxyl groups is 2. The summed E-state index contributed by atoms with van der Waals surface area (Å²) in [6.45, 7) is 6.90. The van der Waals surface area contributed by atoms with Crippen LogP contribution in [0, 0.1) is 0 Å². The standard InChI is InChI=1S/C5H12NO5P.C4H10/c1-4(7)6(5(2)8)3-11-12(9)10;1-3-4-2/h4-5,7-8H,3H2,1-2H3;3-4H2,1-2H3/p+1. The van der Waals surface area contributed by atoms with Gasteiger partial charge in [-0.05, 0) is 13.8 Å². The lowest BCUT2D eigenvalue weighted by atomic mass is 10.4. The molecule has 0 saturated carbocycles. The zero-order valence-electron chi connectivity index (χ0n) is 10.3. The van der Waals surface area contributed by atoms with Crippen molar-refractivity contribution >= 4 is 8.25 Å². The number of nitrogens with zero attached hydrogens (tertiary/aromatic N) is 1. The van der Waals surface area contributed by atoms with Gasteiger partial charge in [0.2, 0.25) is 0 Å². The molecule has 6 nitrogen and oxygen atoms in total. The molecule has 16 heavy (non-hydrogen) atoms. The summed E-state index contributed by atoms with van der Waals surface area (Å²) >= 11 is 0. The number of hydrogen-bond donors (Lipinski definition) is 3. The molecule has 0 fully saturated rings. The Morgan fingerprint density at radius 2 is 1.56 bits per heavy atom. The summed E-state index contributed by atoms with van der Waals surface area (Å²) in [5.74, 6) is 0. The maximum Gasteiger partial charge on any atom is 0.696 e. The van der Waals surface area contributed by atoms with E-state index in [1.54, 1.807) is 0 Å².